The van der Waals surface area contributed by atoms with Gasteiger partial charge in [-0.15, -0.1) is 11.3 Å². The van der Waals surface area contributed by atoms with E-state index in [1.165, 1.54) is 17.7 Å². The highest BCUT2D eigenvalue weighted by Gasteiger charge is 2.30. The van der Waals surface area contributed by atoms with Gasteiger partial charge in [-0.1, -0.05) is 0 Å². The normalized spacial score (nSPS) is 22.5. The summed E-state index contributed by atoms with van der Waals surface area (Å²) in [4.78, 5) is 40.0. The highest BCUT2D eigenvalue weighted by Crippen LogP contribution is 2.43. The van der Waals surface area contributed by atoms with Crippen LogP contribution in [-0.2, 0) is 20.8 Å². The van der Waals surface area contributed by atoms with Crippen molar-refractivity contribution in [2.45, 2.75) is 44.1 Å². The third-order valence-corrected chi connectivity index (χ3v) is 4.56. The molecule has 6 nitrogen and oxygen atoms in total. The number of piperidine rings is 1. The summed E-state index contributed by atoms with van der Waals surface area (Å²) in [6.07, 6.45) is 3.17. The van der Waals surface area contributed by atoms with E-state index in [9.17, 15) is 14.4 Å². The van der Waals surface area contributed by atoms with Crippen LogP contribution in [0.4, 0.5) is 0 Å². The molecule has 0 spiro atoms. The first-order valence-corrected chi connectivity index (χ1v) is 7.57. The fraction of sp³-hybridized carbons (Fsp3) is 0.538. The molecule has 1 aromatic rings. The van der Waals surface area contributed by atoms with E-state index in [-0.39, 0.29) is 24.7 Å². The predicted octanol–water partition coefficient (Wildman–Crippen LogP) is 0.484. The highest BCUT2D eigenvalue weighted by atomic mass is 32.1. The van der Waals surface area contributed by atoms with E-state index >= 15 is 0 Å². The Morgan fingerprint density at radius 1 is 1.40 bits per heavy atom. The minimum Gasteiger partial charge on any atom is -0.344 e. The van der Waals surface area contributed by atoms with Crippen LogP contribution in [0, 0.1) is 0 Å². The van der Waals surface area contributed by atoms with Gasteiger partial charge in [0.2, 0.25) is 17.7 Å². The van der Waals surface area contributed by atoms with Crippen molar-refractivity contribution in [2.24, 2.45) is 0 Å². The van der Waals surface area contributed by atoms with Gasteiger partial charge < -0.3 is 5.32 Å². The Morgan fingerprint density at radius 3 is 2.90 bits per heavy atom. The SMILES string of the molecule is O=C1CCC(NC(=O)Cc2ncsc2C2CC2)C(=O)N1. The lowest BCUT2D eigenvalue weighted by Crippen LogP contribution is -2.52. The monoisotopic (exact) mass is 293 g/mol. The quantitative estimate of drug-likeness (QED) is 0.791. The zero-order chi connectivity index (χ0) is 14.1. The molecule has 7 heteroatoms. The molecule has 20 heavy (non-hydrogen) atoms. The van der Waals surface area contributed by atoms with Crippen LogP contribution in [-0.4, -0.2) is 28.7 Å². The van der Waals surface area contributed by atoms with Gasteiger partial charge in [-0.2, -0.15) is 0 Å². The number of thiazole rings is 1. The standard InChI is InChI=1S/C13H15N3O3S/c17-10-4-3-8(13(19)16-10)15-11(18)5-9-12(7-1-2-7)20-6-14-9/h6-8H,1-5H2,(H,15,18)(H,16,17,19). The van der Waals surface area contributed by atoms with Crippen molar-refractivity contribution in [3.63, 3.8) is 0 Å². The molecule has 0 radical (unpaired) electrons. The predicted molar refractivity (Wildman–Crippen MR) is 72.1 cm³/mol. The number of hydrogen-bond donors (Lipinski definition) is 2. The molecule has 1 saturated heterocycles. The first-order chi connectivity index (χ1) is 9.63. The van der Waals surface area contributed by atoms with Gasteiger partial charge in [-0.3, -0.25) is 19.7 Å². The van der Waals surface area contributed by atoms with Crippen molar-refractivity contribution in [1.82, 2.24) is 15.6 Å². The summed E-state index contributed by atoms with van der Waals surface area (Å²) in [5.74, 6) is -0.348. The van der Waals surface area contributed by atoms with Crippen LogP contribution in [0.1, 0.15) is 42.2 Å². The Morgan fingerprint density at radius 2 is 2.20 bits per heavy atom. The minimum absolute atomic E-state index is 0.201. The lowest BCUT2D eigenvalue weighted by molar-refractivity contribution is -0.137. The zero-order valence-electron chi connectivity index (χ0n) is 10.8. The van der Waals surface area contributed by atoms with Crippen molar-refractivity contribution in [3.05, 3.63) is 16.1 Å². The van der Waals surface area contributed by atoms with E-state index in [0.717, 1.165) is 5.69 Å². The molecule has 1 atom stereocenters. The van der Waals surface area contributed by atoms with Crippen LogP contribution in [0.5, 0.6) is 0 Å². The second kappa shape index (κ2) is 5.32. The molecule has 2 aliphatic rings. The van der Waals surface area contributed by atoms with Gasteiger partial charge in [0.25, 0.3) is 0 Å². The maximum Gasteiger partial charge on any atom is 0.249 e. The zero-order valence-corrected chi connectivity index (χ0v) is 11.7. The Balaban J connectivity index is 1.58. The third kappa shape index (κ3) is 2.87. The first kappa shape index (κ1) is 13.2. The van der Waals surface area contributed by atoms with Crippen molar-refractivity contribution in [1.29, 1.82) is 0 Å². The molecule has 1 aliphatic heterocycles. The van der Waals surface area contributed by atoms with Gasteiger partial charge in [-0.25, -0.2) is 4.98 Å². The summed E-state index contributed by atoms with van der Waals surface area (Å²) in [6.45, 7) is 0. The molecule has 1 unspecified atom stereocenters. The number of rotatable bonds is 4. The average molecular weight is 293 g/mol. The number of amides is 3. The first-order valence-electron chi connectivity index (χ1n) is 6.69. The van der Waals surface area contributed by atoms with E-state index in [4.69, 9.17) is 0 Å². The topological polar surface area (TPSA) is 88.2 Å². The van der Waals surface area contributed by atoms with Crippen molar-refractivity contribution in [2.75, 3.05) is 0 Å². The second-order valence-electron chi connectivity index (χ2n) is 5.19. The van der Waals surface area contributed by atoms with Crippen LogP contribution >= 0.6 is 11.3 Å². The van der Waals surface area contributed by atoms with E-state index in [2.05, 4.69) is 15.6 Å². The number of carbonyl (C=O) groups excluding carboxylic acids is 3. The molecule has 2 heterocycles. The summed E-state index contributed by atoms with van der Waals surface area (Å²) >= 11 is 1.59. The van der Waals surface area contributed by atoms with Gasteiger partial charge in [0.15, 0.2) is 0 Å². The summed E-state index contributed by atoms with van der Waals surface area (Å²) in [5.41, 5.74) is 2.59. The Labute approximate surface area is 120 Å². The fourth-order valence-electron chi connectivity index (χ4n) is 2.32. The summed E-state index contributed by atoms with van der Waals surface area (Å²) in [6, 6.07) is -0.608. The molecule has 106 valence electrons. The van der Waals surface area contributed by atoms with Crippen LogP contribution < -0.4 is 10.6 Å². The van der Waals surface area contributed by atoms with E-state index in [1.807, 2.05) is 0 Å². The molecule has 3 amide bonds. The van der Waals surface area contributed by atoms with Crippen molar-refractivity contribution >= 4 is 29.1 Å². The van der Waals surface area contributed by atoms with Gasteiger partial charge in [0, 0.05) is 11.3 Å². The van der Waals surface area contributed by atoms with Gasteiger partial charge in [-0.05, 0) is 25.2 Å². The van der Waals surface area contributed by atoms with Gasteiger partial charge >= 0.3 is 0 Å². The maximum absolute atomic E-state index is 12.0. The van der Waals surface area contributed by atoms with Gasteiger partial charge in [0.05, 0.1) is 17.6 Å². The molecule has 2 N–H and O–H groups in total. The minimum atomic E-state index is -0.608. The second-order valence-corrected chi connectivity index (χ2v) is 6.07. The van der Waals surface area contributed by atoms with Crippen LogP contribution in [0.2, 0.25) is 0 Å². The number of carbonyl (C=O) groups is 3. The summed E-state index contributed by atoms with van der Waals surface area (Å²) in [7, 11) is 0. The number of nitrogens with zero attached hydrogens (tertiary/aromatic N) is 1. The largest absolute Gasteiger partial charge is 0.344 e. The summed E-state index contributed by atoms with van der Waals surface area (Å²) in [5, 5.41) is 4.90. The molecule has 2 fully saturated rings. The van der Waals surface area contributed by atoms with Crippen LogP contribution in [0.3, 0.4) is 0 Å². The highest BCUT2D eigenvalue weighted by molar-refractivity contribution is 7.09. The number of aromatic nitrogens is 1. The summed E-state index contributed by atoms with van der Waals surface area (Å²) < 4.78 is 0. The number of hydrogen-bond acceptors (Lipinski definition) is 5. The Hall–Kier alpha value is -1.76. The van der Waals surface area contributed by atoms with Crippen LogP contribution in [0.25, 0.3) is 0 Å². The van der Waals surface area contributed by atoms with E-state index in [1.54, 1.807) is 16.8 Å². The number of nitrogens with one attached hydrogen (secondary N) is 2. The smallest absolute Gasteiger partial charge is 0.249 e. The van der Waals surface area contributed by atoms with E-state index < -0.39 is 11.9 Å². The van der Waals surface area contributed by atoms with Crippen molar-refractivity contribution < 1.29 is 14.4 Å². The molecule has 0 aromatic carbocycles. The molecule has 3 rings (SSSR count). The average Bonchev–Trinajstić information content (AvgIpc) is 3.14. The van der Waals surface area contributed by atoms with Crippen LogP contribution in [0.15, 0.2) is 5.51 Å². The molecule has 1 aliphatic carbocycles. The third-order valence-electron chi connectivity index (χ3n) is 3.52. The molecular formula is C13H15N3O3S. The van der Waals surface area contributed by atoms with E-state index in [0.29, 0.717) is 12.3 Å². The Kier molecular flexibility index (Phi) is 3.52. The lowest BCUT2D eigenvalue weighted by atomic mass is 10.1. The van der Waals surface area contributed by atoms with Gasteiger partial charge in [0.1, 0.15) is 6.04 Å². The molecular weight excluding hydrogens is 278 g/mol. The maximum atomic E-state index is 12.0. The Bertz CT molecular complexity index is 565. The molecule has 0 bridgehead atoms. The molecule has 1 saturated carbocycles. The van der Waals surface area contributed by atoms with Crippen molar-refractivity contribution in [3.8, 4) is 0 Å². The lowest BCUT2D eigenvalue weighted by Gasteiger charge is -2.21. The fourth-order valence-corrected chi connectivity index (χ4v) is 3.30. The number of imide groups is 1. The molecule has 1 aromatic heterocycles.